The molecule has 0 aliphatic heterocycles. The molecular weight excluding hydrogens is 346 g/mol. The van der Waals surface area contributed by atoms with E-state index in [-0.39, 0.29) is 0 Å². The Morgan fingerprint density at radius 3 is 2.53 bits per heavy atom. The first-order valence-electron chi connectivity index (χ1n) is 5.07. The standard InChI is InChI=1S/C13H11Br2NO/c14-10-5-9(6-11(16)7-10)8-17-13-4-2-1-3-12(13)15/h1-7H,8,16H2. The van der Waals surface area contributed by atoms with E-state index in [9.17, 15) is 0 Å². The fourth-order valence-electron chi connectivity index (χ4n) is 1.48. The Balaban J connectivity index is 2.10. The zero-order valence-electron chi connectivity index (χ0n) is 8.99. The van der Waals surface area contributed by atoms with E-state index >= 15 is 0 Å². The number of ether oxygens (including phenoxy) is 1. The van der Waals surface area contributed by atoms with Crippen molar-refractivity contribution in [1.82, 2.24) is 0 Å². The number of hydrogen-bond acceptors (Lipinski definition) is 2. The number of para-hydroxylation sites is 1. The van der Waals surface area contributed by atoms with Gasteiger partial charge in [0, 0.05) is 10.2 Å². The minimum absolute atomic E-state index is 0.492. The number of anilines is 1. The summed E-state index contributed by atoms with van der Waals surface area (Å²) in [4.78, 5) is 0. The predicted molar refractivity (Wildman–Crippen MR) is 77.0 cm³/mol. The molecule has 17 heavy (non-hydrogen) atoms. The van der Waals surface area contributed by atoms with Gasteiger partial charge in [0.1, 0.15) is 12.4 Å². The first-order chi connectivity index (χ1) is 8.15. The van der Waals surface area contributed by atoms with Gasteiger partial charge in [-0.3, -0.25) is 0 Å². The molecule has 0 aliphatic rings. The van der Waals surface area contributed by atoms with Crippen molar-refractivity contribution in [2.75, 3.05) is 5.73 Å². The van der Waals surface area contributed by atoms with Gasteiger partial charge in [-0.1, -0.05) is 28.1 Å². The van der Waals surface area contributed by atoms with Crippen LogP contribution >= 0.6 is 31.9 Å². The zero-order valence-corrected chi connectivity index (χ0v) is 12.2. The van der Waals surface area contributed by atoms with Gasteiger partial charge in [-0.15, -0.1) is 0 Å². The van der Waals surface area contributed by atoms with Crippen LogP contribution in [-0.2, 0) is 6.61 Å². The van der Waals surface area contributed by atoms with Crippen molar-refractivity contribution in [1.29, 1.82) is 0 Å². The Kier molecular flexibility index (Phi) is 4.07. The summed E-state index contributed by atoms with van der Waals surface area (Å²) in [6, 6.07) is 13.5. The first-order valence-corrected chi connectivity index (χ1v) is 6.66. The topological polar surface area (TPSA) is 35.2 Å². The molecule has 0 amide bonds. The van der Waals surface area contributed by atoms with Crippen LogP contribution in [0.5, 0.6) is 5.75 Å². The van der Waals surface area contributed by atoms with E-state index in [1.54, 1.807) is 0 Å². The molecule has 0 aliphatic carbocycles. The lowest BCUT2D eigenvalue weighted by Gasteiger charge is -2.09. The third kappa shape index (κ3) is 3.48. The van der Waals surface area contributed by atoms with Gasteiger partial charge in [-0.25, -0.2) is 0 Å². The van der Waals surface area contributed by atoms with E-state index in [0.717, 1.165) is 25.9 Å². The summed E-state index contributed by atoms with van der Waals surface area (Å²) in [5.41, 5.74) is 7.53. The highest BCUT2D eigenvalue weighted by atomic mass is 79.9. The fraction of sp³-hybridized carbons (Fsp3) is 0.0769. The minimum atomic E-state index is 0.492. The molecule has 0 atom stereocenters. The minimum Gasteiger partial charge on any atom is -0.488 e. The second-order valence-corrected chi connectivity index (χ2v) is 5.38. The normalized spacial score (nSPS) is 10.2. The van der Waals surface area contributed by atoms with E-state index in [2.05, 4.69) is 31.9 Å². The molecule has 0 unspecified atom stereocenters. The SMILES string of the molecule is Nc1cc(Br)cc(COc2ccccc2Br)c1. The summed E-state index contributed by atoms with van der Waals surface area (Å²) in [5.74, 6) is 0.825. The van der Waals surface area contributed by atoms with Crippen LogP contribution in [-0.4, -0.2) is 0 Å². The summed E-state index contributed by atoms with van der Waals surface area (Å²) < 4.78 is 7.62. The molecule has 2 aromatic rings. The Labute approximate surface area is 117 Å². The number of rotatable bonds is 3. The van der Waals surface area contributed by atoms with E-state index in [0.29, 0.717) is 6.61 Å². The summed E-state index contributed by atoms with van der Waals surface area (Å²) in [6.07, 6.45) is 0. The zero-order chi connectivity index (χ0) is 12.3. The maximum absolute atomic E-state index is 5.76. The van der Waals surface area contributed by atoms with Crippen LogP contribution in [0.2, 0.25) is 0 Å². The van der Waals surface area contributed by atoms with Crippen molar-refractivity contribution in [3.63, 3.8) is 0 Å². The molecule has 0 fully saturated rings. The van der Waals surface area contributed by atoms with Crippen molar-refractivity contribution in [2.45, 2.75) is 6.61 Å². The highest BCUT2D eigenvalue weighted by molar-refractivity contribution is 9.10. The quantitative estimate of drug-likeness (QED) is 0.828. The van der Waals surface area contributed by atoms with Crippen molar-refractivity contribution < 1.29 is 4.74 Å². The second kappa shape index (κ2) is 5.56. The molecule has 0 heterocycles. The lowest BCUT2D eigenvalue weighted by atomic mass is 10.2. The van der Waals surface area contributed by atoms with Crippen LogP contribution < -0.4 is 10.5 Å². The lowest BCUT2D eigenvalue weighted by molar-refractivity contribution is 0.304. The first kappa shape index (κ1) is 12.5. The Morgan fingerprint density at radius 1 is 1.06 bits per heavy atom. The number of benzene rings is 2. The van der Waals surface area contributed by atoms with E-state index in [4.69, 9.17) is 10.5 Å². The van der Waals surface area contributed by atoms with Gasteiger partial charge in [0.2, 0.25) is 0 Å². The molecule has 2 nitrogen and oxygen atoms in total. The molecule has 0 bridgehead atoms. The number of nitrogens with two attached hydrogens (primary N) is 1. The molecule has 0 radical (unpaired) electrons. The van der Waals surface area contributed by atoms with Gasteiger partial charge in [0.05, 0.1) is 4.47 Å². The van der Waals surface area contributed by atoms with Crippen molar-refractivity contribution in [3.05, 3.63) is 57.0 Å². The van der Waals surface area contributed by atoms with Gasteiger partial charge in [0.15, 0.2) is 0 Å². The van der Waals surface area contributed by atoms with E-state index < -0.39 is 0 Å². The average Bonchev–Trinajstić information content (AvgIpc) is 2.27. The number of halogens is 2. The molecule has 4 heteroatoms. The van der Waals surface area contributed by atoms with Crippen molar-refractivity contribution in [3.8, 4) is 5.75 Å². The predicted octanol–water partition coefficient (Wildman–Crippen LogP) is 4.37. The molecule has 0 aromatic heterocycles. The average molecular weight is 357 g/mol. The molecular formula is C13H11Br2NO. The van der Waals surface area contributed by atoms with Crippen LogP contribution in [0, 0.1) is 0 Å². The second-order valence-electron chi connectivity index (χ2n) is 3.61. The lowest BCUT2D eigenvalue weighted by Crippen LogP contribution is -1.97. The maximum atomic E-state index is 5.76. The molecule has 2 aromatic carbocycles. The van der Waals surface area contributed by atoms with Gasteiger partial charge in [-0.2, -0.15) is 0 Å². The smallest absolute Gasteiger partial charge is 0.133 e. The van der Waals surface area contributed by atoms with Gasteiger partial charge in [-0.05, 0) is 51.8 Å². The Bertz CT molecular complexity index is 508. The van der Waals surface area contributed by atoms with E-state index in [1.807, 2.05) is 42.5 Å². The largest absolute Gasteiger partial charge is 0.488 e. The fourth-order valence-corrected chi connectivity index (χ4v) is 2.44. The van der Waals surface area contributed by atoms with Gasteiger partial charge >= 0.3 is 0 Å². The van der Waals surface area contributed by atoms with Crippen LogP contribution in [0.25, 0.3) is 0 Å². The van der Waals surface area contributed by atoms with Gasteiger partial charge in [0.25, 0.3) is 0 Å². The molecule has 0 spiro atoms. The third-order valence-corrected chi connectivity index (χ3v) is 3.32. The number of hydrogen-bond donors (Lipinski definition) is 1. The third-order valence-electron chi connectivity index (χ3n) is 2.21. The van der Waals surface area contributed by atoms with Crippen LogP contribution in [0.15, 0.2) is 51.4 Å². The molecule has 0 saturated carbocycles. The highest BCUT2D eigenvalue weighted by Gasteiger charge is 2.01. The summed E-state index contributed by atoms with van der Waals surface area (Å²) in [5, 5.41) is 0. The van der Waals surface area contributed by atoms with E-state index in [1.165, 1.54) is 0 Å². The van der Waals surface area contributed by atoms with Crippen LogP contribution in [0.3, 0.4) is 0 Å². The summed E-state index contributed by atoms with van der Waals surface area (Å²) >= 11 is 6.85. The molecule has 2 rings (SSSR count). The highest BCUT2D eigenvalue weighted by Crippen LogP contribution is 2.25. The molecule has 88 valence electrons. The van der Waals surface area contributed by atoms with Crippen LogP contribution in [0.4, 0.5) is 5.69 Å². The molecule has 2 N–H and O–H groups in total. The summed E-state index contributed by atoms with van der Waals surface area (Å²) in [6.45, 7) is 0.492. The monoisotopic (exact) mass is 355 g/mol. The van der Waals surface area contributed by atoms with Crippen molar-refractivity contribution in [2.24, 2.45) is 0 Å². The van der Waals surface area contributed by atoms with Crippen molar-refractivity contribution >= 4 is 37.5 Å². The maximum Gasteiger partial charge on any atom is 0.133 e. The molecule has 0 saturated heterocycles. The Hall–Kier alpha value is -1.00. The Morgan fingerprint density at radius 2 is 1.82 bits per heavy atom. The van der Waals surface area contributed by atoms with Gasteiger partial charge < -0.3 is 10.5 Å². The summed E-state index contributed by atoms with van der Waals surface area (Å²) in [7, 11) is 0. The number of nitrogen functional groups attached to an aromatic ring is 1. The van der Waals surface area contributed by atoms with Crippen LogP contribution in [0.1, 0.15) is 5.56 Å².